The van der Waals surface area contributed by atoms with Crippen molar-refractivity contribution in [3.8, 4) is 0 Å². The fraction of sp³-hybridized carbons (Fsp3) is 1.00. The molecule has 0 bridgehead atoms. The molecule has 6 N–H and O–H groups in total. The largest absolute Gasteiger partial charge is 0.396 e. The summed E-state index contributed by atoms with van der Waals surface area (Å²) in [5, 5.41) is 52.0. The minimum Gasteiger partial charge on any atom is -0.396 e. The van der Waals surface area contributed by atoms with Gasteiger partial charge in [-0.25, -0.2) is 0 Å². The van der Waals surface area contributed by atoms with Gasteiger partial charge in [-0.1, -0.05) is 55.4 Å². The van der Waals surface area contributed by atoms with E-state index in [2.05, 4.69) is 55.4 Å². The van der Waals surface area contributed by atoms with Gasteiger partial charge >= 0.3 is 0 Å². The SMILES string of the molecule is CC(C)(C)C.CC1(C)COC(C)(C)OC1.CC1(C)COC(C)(C)OC1.CC1(C)OCC(CO)(CO)CO1.COC(C)(C)OC.OCC(CO)(CO)CO. The molecule has 0 spiro atoms. The normalized spacial score (nSPS) is 22.2. The van der Waals surface area contributed by atoms with Crippen LogP contribution in [0.25, 0.3) is 0 Å². The number of hydrogen-bond acceptors (Lipinski definition) is 14. The zero-order valence-electron chi connectivity index (χ0n) is 36.9. The number of methoxy groups -OCH3 is 2. The van der Waals surface area contributed by atoms with Gasteiger partial charge in [0.15, 0.2) is 23.1 Å². The fourth-order valence-electron chi connectivity index (χ4n) is 3.00. The quantitative estimate of drug-likeness (QED) is 0.191. The first kappa shape index (κ1) is 56.8. The van der Waals surface area contributed by atoms with Crippen LogP contribution in [-0.4, -0.2) is 147 Å². The van der Waals surface area contributed by atoms with Crippen molar-refractivity contribution in [2.45, 2.75) is 134 Å². The third-order valence-corrected chi connectivity index (χ3v) is 7.69. The van der Waals surface area contributed by atoms with Gasteiger partial charge in [0.05, 0.1) is 90.1 Å². The van der Waals surface area contributed by atoms with E-state index in [0.29, 0.717) is 18.6 Å². The molecule has 0 unspecified atom stereocenters. The minimum atomic E-state index is -1.11. The molecule has 3 rings (SSSR count). The van der Waals surface area contributed by atoms with Crippen LogP contribution < -0.4 is 0 Å². The Hall–Kier alpha value is -0.560. The molecule has 0 aromatic carbocycles. The summed E-state index contributed by atoms with van der Waals surface area (Å²) in [5.74, 6) is -1.74. The summed E-state index contributed by atoms with van der Waals surface area (Å²) < 4.78 is 42.2. The van der Waals surface area contributed by atoms with Crippen molar-refractivity contribution < 1.29 is 68.5 Å². The maximum Gasteiger partial charge on any atom is 0.162 e. The Balaban J connectivity index is -0.000000577. The van der Waals surface area contributed by atoms with Crippen LogP contribution in [0.2, 0.25) is 0 Å². The second kappa shape index (κ2) is 24.3. The lowest BCUT2D eigenvalue weighted by Crippen LogP contribution is -2.50. The van der Waals surface area contributed by atoms with Crippen LogP contribution in [0.15, 0.2) is 0 Å². The molecule has 3 aliphatic rings. The van der Waals surface area contributed by atoms with Crippen LogP contribution in [0.5, 0.6) is 0 Å². The van der Waals surface area contributed by atoms with Crippen molar-refractivity contribution in [1.82, 2.24) is 0 Å². The second-order valence-electron chi connectivity index (χ2n) is 19.0. The molecule has 3 fully saturated rings. The van der Waals surface area contributed by atoms with Crippen molar-refractivity contribution in [3.05, 3.63) is 0 Å². The van der Waals surface area contributed by atoms with Gasteiger partial charge in [0, 0.05) is 25.0 Å². The molecular weight excluding hydrogens is 692 g/mol. The number of ether oxygens (including phenoxy) is 8. The molecule has 0 aromatic rings. The standard InChI is InChI=1S/C8H16O4.2C8H16O2.C5H12O4.C5H12O2.C5H12/c1-7(2)11-5-8(3-9,4-10)6-12-7;2*1-7(2)5-9-8(3,4)10-6-7;6-1-5(2-7,3-8)4-9;1-5(2,6-3)7-4;1-5(2,3)4/h9-10H,3-6H2,1-2H3;2*5-6H2,1-4H3;6-9H,1-4H2;1-4H3;1-4H3. The number of hydrogen-bond donors (Lipinski definition) is 6. The first-order valence-corrected chi connectivity index (χ1v) is 18.3. The predicted molar refractivity (Wildman–Crippen MR) is 206 cm³/mol. The highest BCUT2D eigenvalue weighted by Crippen LogP contribution is 2.30. The maximum absolute atomic E-state index is 8.99. The Labute approximate surface area is 322 Å². The predicted octanol–water partition coefficient (Wildman–Crippen LogP) is 4.34. The van der Waals surface area contributed by atoms with Gasteiger partial charge < -0.3 is 68.5 Å². The van der Waals surface area contributed by atoms with Crippen molar-refractivity contribution in [2.24, 2.45) is 27.1 Å². The first-order chi connectivity index (χ1) is 23.7. The van der Waals surface area contributed by atoms with Crippen LogP contribution in [0.4, 0.5) is 0 Å². The second-order valence-corrected chi connectivity index (χ2v) is 19.0. The molecule has 14 heteroatoms. The number of aliphatic hydroxyl groups excluding tert-OH is 6. The third-order valence-electron chi connectivity index (χ3n) is 7.69. The molecule has 3 heterocycles. The fourth-order valence-corrected chi connectivity index (χ4v) is 3.00. The van der Waals surface area contributed by atoms with E-state index in [1.54, 1.807) is 14.2 Å². The highest BCUT2D eigenvalue weighted by molar-refractivity contribution is 4.82. The van der Waals surface area contributed by atoms with Crippen molar-refractivity contribution in [2.75, 3.05) is 93.5 Å². The lowest BCUT2D eigenvalue weighted by Gasteiger charge is -2.41. The molecule has 0 aromatic heterocycles. The molecule has 0 amide bonds. The van der Waals surface area contributed by atoms with E-state index in [9.17, 15) is 0 Å². The van der Waals surface area contributed by atoms with E-state index in [1.165, 1.54) is 0 Å². The van der Waals surface area contributed by atoms with Crippen LogP contribution in [0.3, 0.4) is 0 Å². The topological polar surface area (TPSA) is 195 Å². The van der Waals surface area contributed by atoms with E-state index in [-0.39, 0.29) is 35.6 Å². The monoisotopic (exact) mass is 777 g/mol. The molecule has 324 valence electrons. The van der Waals surface area contributed by atoms with E-state index in [4.69, 9.17) is 68.5 Å². The van der Waals surface area contributed by atoms with Gasteiger partial charge in [0.1, 0.15) is 0 Å². The van der Waals surface area contributed by atoms with Crippen molar-refractivity contribution >= 4 is 0 Å². The summed E-state index contributed by atoms with van der Waals surface area (Å²) in [4.78, 5) is 0. The molecule has 0 aliphatic carbocycles. The average molecular weight is 777 g/mol. The summed E-state index contributed by atoms with van der Waals surface area (Å²) in [6, 6.07) is 0. The molecular formula is C39H84O14. The summed E-state index contributed by atoms with van der Waals surface area (Å²) in [6.45, 7) is 34.4. The van der Waals surface area contributed by atoms with Gasteiger partial charge in [-0.2, -0.15) is 0 Å². The molecule has 0 radical (unpaired) electrons. The van der Waals surface area contributed by atoms with E-state index < -0.39 is 48.8 Å². The van der Waals surface area contributed by atoms with Crippen LogP contribution in [0.1, 0.15) is 111 Å². The van der Waals surface area contributed by atoms with E-state index in [1.807, 2.05) is 55.4 Å². The van der Waals surface area contributed by atoms with Crippen molar-refractivity contribution in [3.63, 3.8) is 0 Å². The number of aliphatic hydroxyl groups is 6. The Bertz CT molecular complexity index is 788. The highest BCUT2D eigenvalue weighted by atomic mass is 16.7. The molecule has 0 atom stereocenters. The van der Waals surface area contributed by atoms with Crippen LogP contribution in [0, 0.1) is 27.1 Å². The third kappa shape index (κ3) is 29.4. The minimum absolute atomic E-state index is 0.112. The van der Waals surface area contributed by atoms with Crippen molar-refractivity contribution in [1.29, 1.82) is 0 Å². The number of rotatable bonds is 8. The van der Waals surface area contributed by atoms with E-state index >= 15 is 0 Å². The molecule has 53 heavy (non-hydrogen) atoms. The van der Waals surface area contributed by atoms with E-state index in [0.717, 1.165) is 26.4 Å². The summed E-state index contributed by atoms with van der Waals surface area (Å²) in [5.41, 5.74) is -0.847. The average Bonchev–Trinajstić information content (AvgIpc) is 3.07. The molecule has 14 nitrogen and oxygen atoms in total. The van der Waals surface area contributed by atoms with Gasteiger partial charge in [0.25, 0.3) is 0 Å². The van der Waals surface area contributed by atoms with Gasteiger partial charge in [-0.15, -0.1) is 0 Å². The Morgan fingerprint density at radius 1 is 0.434 bits per heavy atom. The first-order valence-electron chi connectivity index (χ1n) is 18.3. The lowest BCUT2D eigenvalue weighted by atomic mass is 9.91. The Morgan fingerprint density at radius 3 is 0.755 bits per heavy atom. The summed E-state index contributed by atoms with van der Waals surface area (Å²) in [6.07, 6.45) is 0. The maximum atomic E-state index is 8.99. The molecule has 0 saturated carbocycles. The van der Waals surface area contributed by atoms with Gasteiger partial charge in [0.2, 0.25) is 0 Å². The Kier molecular flexibility index (Phi) is 26.0. The highest BCUT2D eigenvalue weighted by Gasteiger charge is 2.39. The summed E-state index contributed by atoms with van der Waals surface area (Å²) >= 11 is 0. The zero-order valence-corrected chi connectivity index (χ0v) is 36.9. The smallest absolute Gasteiger partial charge is 0.162 e. The molecule has 3 aliphatic heterocycles. The van der Waals surface area contributed by atoms with Gasteiger partial charge in [-0.3, -0.25) is 0 Å². The lowest BCUT2D eigenvalue weighted by molar-refractivity contribution is -0.294. The van der Waals surface area contributed by atoms with Gasteiger partial charge in [-0.05, 0) is 60.8 Å². The molecule has 3 saturated heterocycles. The Morgan fingerprint density at radius 2 is 0.642 bits per heavy atom. The zero-order chi connectivity index (χ0) is 42.6. The summed E-state index contributed by atoms with van der Waals surface area (Å²) in [7, 11) is 3.23. The van der Waals surface area contributed by atoms with Crippen LogP contribution in [-0.2, 0) is 37.9 Å². The van der Waals surface area contributed by atoms with Crippen LogP contribution >= 0.6 is 0 Å².